The molecule has 1 heterocycles. The van der Waals surface area contributed by atoms with E-state index in [0.717, 1.165) is 12.8 Å². The van der Waals surface area contributed by atoms with E-state index >= 15 is 0 Å². The highest BCUT2D eigenvalue weighted by Crippen LogP contribution is 2.54. The van der Waals surface area contributed by atoms with Crippen LogP contribution in [-0.4, -0.2) is 18.2 Å². The predicted octanol–water partition coefficient (Wildman–Crippen LogP) is 0.102. The van der Waals surface area contributed by atoms with E-state index in [9.17, 15) is 9.59 Å². The van der Waals surface area contributed by atoms with Crippen LogP contribution in [0.15, 0.2) is 0 Å². The van der Waals surface area contributed by atoms with Crippen molar-refractivity contribution in [1.82, 2.24) is 5.32 Å². The monoisotopic (exact) mass is 153 g/mol. The summed E-state index contributed by atoms with van der Waals surface area (Å²) in [6, 6.07) is 0. The van der Waals surface area contributed by atoms with Crippen LogP contribution in [0.3, 0.4) is 0 Å². The Hall–Kier alpha value is -0.860. The molecular weight excluding hydrogens is 142 g/mol. The van der Waals surface area contributed by atoms with Gasteiger partial charge in [0.05, 0.1) is 5.41 Å². The zero-order valence-electron chi connectivity index (χ0n) is 6.52. The van der Waals surface area contributed by atoms with Crippen molar-refractivity contribution in [2.75, 3.05) is 6.54 Å². The second-order valence-corrected chi connectivity index (χ2v) is 3.53. The van der Waals surface area contributed by atoms with Crippen LogP contribution in [-0.2, 0) is 9.59 Å². The fraction of sp³-hybridized carbons (Fsp3) is 0.750. The Kier molecular flexibility index (Phi) is 1.14. The molecule has 0 aromatic rings. The summed E-state index contributed by atoms with van der Waals surface area (Å²) in [6.07, 6.45) is 1.81. The molecule has 3 nitrogen and oxygen atoms in total. The van der Waals surface area contributed by atoms with Gasteiger partial charge in [-0.15, -0.1) is 0 Å². The van der Waals surface area contributed by atoms with E-state index in [1.807, 2.05) is 0 Å². The van der Waals surface area contributed by atoms with Crippen LogP contribution in [0, 0.1) is 11.3 Å². The molecule has 1 aliphatic heterocycles. The molecule has 1 saturated heterocycles. The van der Waals surface area contributed by atoms with Crippen molar-refractivity contribution in [3.63, 3.8) is 0 Å². The zero-order valence-corrected chi connectivity index (χ0v) is 6.52. The highest BCUT2D eigenvalue weighted by Gasteiger charge is 2.60. The van der Waals surface area contributed by atoms with Gasteiger partial charge in [0.15, 0.2) is 0 Å². The molecule has 2 aliphatic rings. The normalized spacial score (nSPS) is 32.1. The number of hydrogen-bond donors (Lipinski definition) is 1. The summed E-state index contributed by atoms with van der Waals surface area (Å²) < 4.78 is 0. The molecule has 1 saturated carbocycles. The van der Waals surface area contributed by atoms with Gasteiger partial charge in [0.2, 0.25) is 5.91 Å². The van der Waals surface area contributed by atoms with Gasteiger partial charge in [0, 0.05) is 12.5 Å². The maximum atomic E-state index is 11.2. The first-order valence-corrected chi connectivity index (χ1v) is 3.95. The number of carbonyl (C=O) groups excluding carboxylic acids is 2. The molecule has 3 heteroatoms. The molecule has 0 aromatic carbocycles. The Morgan fingerprint density at radius 2 is 2.27 bits per heavy atom. The summed E-state index contributed by atoms with van der Waals surface area (Å²) in [7, 11) is 0. The van der Waals surface area contributed by atoms with Gasteiger partial charge >= 0.3 is 0 Å². The van der Waals surface area contributed by atoms with Crippen LogP contribution < -0.4 is 5.32 Å². The summed E-state index contributed by atoms with van der Waals surface area (Å²) in [5.74, 6) is 0.216. The minimum Gasteiger partial charge on any atom is -0.355 e. The Labute approximate surface area is 65.2 Å². The van der Waals surface area contributed by atoms with Gasteiger partial charge < -0.3 is 5.32 Å². The first-order valence-electron chi connectivity index (χ1n) is 3.95. The average Bonchev–Trinajstić information content (AvgIpc) is 2.61. The minimum atomic E-state index is -0.258. The highest BCUT2D eigenvalue weighted by atomic mass is 16.2. The predicted molar refractivity (Wildman–Crippen MR) is 38.8 cm³/mol. The molecule has 1 spiro atoms. The molecule has 0 aromatic heterocycles. The molecule has 0 bridgehead atoms. The zero-order chi connectivity index (χ0) is 8.06. The van der Waals surface area contributed by atoms with E-state index in [1.165, 1.54) is 0 Å². The van der Waals surface area contributed by atoms with Gasteiger partial charge in [-0.1, -0.05) is 0 Å². The standard InChI is InChI=1S/C8H11NO2/c1-5(10)6-4-9-7(11)8(6)2-3-8/h6H,2-4H2,1H3,(H,9,11). The van der Waals surface area contributed by atoms with Crippen molar-refractivity contribution >= 4 is 11.7 Å². The van der Waals surface area contributed by atoms with Crippen molar-refractivity contribution in [3.05, 3.63) is 0 Å². The molecule has 1 amide bonds. The highest BCUT2D eigenvalue weighted by molar-refractivity contribution is 5.96. The van der Waals surface area contributed by atoms with Gasteiger partial charge in [-0.3, -0.25) is 9.59 Å². The first-order chi connectivity index (χ1) is 5.17. The van der Waals surface area contributed by atoms with Gasteiger partial charge in [-0.05, 0) is 19.8 Å². The molecular formula is C8H11NO2. The van der Waals surface area contributed by atoms with Crippen LogP contribution in [0.5, 0.6) is 0 Å². The van der Waals surface area contributed by atoms with Crippen molar-refractivity contribution in [2.24, 2.45) is 11.3 Å². The van der Waals surface area contributed by atoms with Crippen molar-refractivity contribution in [2.45, 2.75) is 19.8 Å². The minimum absolute atomic E-state index is 0.0324. The third kappa shape index (κ3) is 0.737. The molecule has 1 aliphatic carbocycles. The van der Waals surface area contributed by atoms with Gasteiger partial charge in [0.25, 0.3) is 0 Å². The maximum absolute atomic E-state index is 11.2. The van der Waals surface area contributed by atoms with Gasteiger partial charge in [-0.25, -0.2) is 0 Å². The molecule has 2 fully saturated rings. The average molecular weight is 153 g/mol. The van der Waals surface area contributed by atoms with E-state index in [0.29, 0.717) is 6.54 Å². The number of amides is 1. The lowest BCUT2D eigenvalue weighted by atomic mass is 9.89. The molecule has 11 heavy (non-hydrogen) atoms. The maximum Gasteiger partial charge on any atom is 0.227 e. The van der Waals surface area contributed by atoms with Crippen molar-refractivity contribution in [3.8, 4) is 0 Å². The number of carbonyl (C=O) groups is 2. The fourth-order valence-electron chi connectivity index (χ4n) is 1.97. The van der Waals surface area contributed by atoms with E-state index in [-0.39, 0.29) is 23.0 Å². The topological polar surface area (TPSA) is 46.2 Å². The Balaban J connectivity index is 2.25. The third-order valence-corrected chi connectivity index (χ3v) is 2.87. The molecule has 1 atom stereocenters. The SMILES string of the molecule is CC(=O)C1CNC(=O)C12CC2. The van der Waals surface area contributed by atoms with Gasteiger partial charge in [0.1, 0.15) is 5.78 Å². The summed E-state index contributed by atoms with van der Waals surface area (Å²) in [6.45, 7) is 2.14. The van der Waals surface area contributed by atoms with Crippen LogP contribution in [0.1, 0.15) is 19.8 Å². The molecule has 1 N–H and O–H groups in total. The lowest BCUT2D eigenvalue weighted by Crippen LogP contribution is -2.23. The number of ketones is 1. The number of Topliss-reactive ketones (excluding diaryl/α,β-unsaturated/α-hetero) is 1. The summed E-state index contributed by atoms with van der Waals surface area (Å²) in [5.41, 5.74) is -0.258. The van der Waals surface area contributed by atoms with Crippen LogP contribution >= 0.6 is 0 Å². The molecule has 0 radical (unpaired) electrons. The van der Waals surface area contributed by atoms with Crippen molar-refractivity contribution in [1.29, 1.82) is 0 Å². The smallest absolute Gasteiger partial charge is 0.227 e. The number of nitrogens with one attached hydrogen (secondary N) is 1. The second kappa shape index (κ2) is 1.84. The van der Waals surface area contributed by atoms with E-state index in [4.69, 9.17) is 0 Å². The van der Waals surface area contributed by atoms with Crippen LogP contribution in [0.2, 0.25) is 0 Å². The van der Waals surface area contributed by atoms with E-state index in [1.54, 1.807) is 6.92 Å². The van der Waals surface area contributed by atoms with E-state index < -0.39 is 0 Å². The molecule has 2 rings (SSSR count). The van der Waals surface area contributed by atoms with Crippen LogP contribution in [0.25, 0.3) is 0 Å². The Morgan fingerprint density at radius 1 is 1.64 bits per heavy atom. The lowest BCUT2D eigenvalue weighted by molar-refractivity contribution is -0.128. The number of hydrogen-bond acceptors (Lipinski definition) is 2. The lowest BCUT2D eigenvalue weighted by Gasteiger charge is -2.09. The fourth-order valence-corrected chi connectivity index (χ4v) is 1.97. The largest absolute Gasteiger partial charge is 0.355 e. The summed E-state index contributed by atoms with van der Waals surface area (Å²) in [5, 5.41) is 2.74. The second-order valence-electron chi connectivity index (χ2n) is 3.53. The first kappa shape index (κ1) is 6.83. The van der Waals surface area contributed by atoms with Gasteiger partial charge in [-0.2, -0.15) is 0 Å². The van der Waals surface area contributed by atoms with Crippen molar-refractivity contribution < 1.29 is 9.59 Å². The summed E-state index contributed by atoms with van der Waals surface area (Å²) in [4.78, 5) is 22.3. The quantitative estimate of drug-likeness (QED) is 0.580. The third-order valence-electron chi connectivity index (χ3n) is 2.87. The number of rotatable bonds is 1. The van der Waals surface area contributed by atoms with E-state index in [2.05, 4.69) is 5.32 Å². The Bertz CT molecular complexity index is 230. The summed E-state index contributed by atoms with van der Waals surface area (Å²) >= 11 is 0. The van der Waals surface area contributed by atoms with Crippen LogP contribution in [0.4, 0.5) is 0 Å². The Morgan fingerprint density at radius 3 is 2.64 bits per heavy atom. The molecule has 60 valence electrons. The molecule has 1 unspecified atom stereocenters.